The maximum Gasteiger partial charge on any atom is 0.408 e. The Bertz CT molecular complexity index is 928. The van der Waals surface area contributed by atoms with Crippen molar-refractivity contribution >= 4 is 31.9 Å². The van der Waals surface area contributed by atoms with Crippen LogP contribution in [-0.4, -0.2) is 85.3 Å². The number of hydrogen-bond donors (Lipinski definition) is 3. The number of amides is 2. The summed E-state index contributed by atoms with van der Waals surface area (Å²) in [5.74, 6) is 0. The highest BCUT2D eigenvalue weighted by atomic mass is 35.7. The number of carbonyl (C=O) groups is 2. The van der Waals surface area contributed by atoms with Crippen LogP contribution in [0.1, 0.15) is 127 Å². The summed E-state index contributed by atoms with van der Waals surface area (Å²) in [7, 11) is 1.31. The molecule has 4 bridgehead atoms. The molecule has 6 aliphatic rings. The van der Waals surface area contributed by atoms with Crippen LogP contribution in [0.15, 0.2) is 0 Å². The lowest BCUT2D eigenvalue weighted by Crippen LogP contribution is -2.63. The number of ether oxygens (including phenoxy) is 4. The summed E-state index contributed by atoms with van der Waals surface area (Å²) < 4.78 is 41.4. The Balaban J connectivity index is 0.000000375. The number of nitrogens with one attached hydrogen (secondary N) is 2. The second kappa shape index (κ2) is 15.5. The highest BCUT2D eigenvalue weighted by molar-refractivity contribution is 8.13. The molecule has 13 heteroatoms. The van der Waals surface area contributed by atoms with Crippen molar-refractivity contribution in [2.45, 2.75) is 160 Å². The highest BCUT2D eigenvalue weighted by Crippen LogP contribution is 2.46. The van der Waals surface area contributed by atoms with Gasteiger partial charge in [0.2, 0.25) is 9.05 Å². The maximum absolute atomic E-state index is 11.9. The molecule has 0 aromatic heterocycles. The van der Waals surface area contributed by atoms with E-state index in [2.05, 4.69) is 28.2 Å². The molecule has 0 aromatic carbocycles. The molecule has 0 spiro atoms. The van der Waals surface area contributed by atoms with Crippen LogP contribution in [-0.2, 0) is 28.0 Å². The Morgan fingerprint density at radius 3 is 1.32 bits per heavy atom. The van der Waals surface area contributed by atoms with Crippen molar-refractivity contribution in [2.24, 2.45) is 0 Å². The van der Waals surface area contributed by atoms with Gasteiger partial charge in [-0.25, -0.2) is 18.0 Å². The minimum atomic E-state index is -3.19. The molecule has 2 saturated carbocycles. The zero-order chi connectivity index (χ0) is 32.8. The van der Waals surface area contributed by atoms with Crippen LogP contribution in [0.2, 0.25) is 0 Å². The van der Waals surface area contributed by atoms with E-state index in [1.165, 1.54) is 0 Å². The highest BCUT2D eigenvalue weighted by Gasteiger charge is 2.51. The van der Waals surface area contributed by atoms with Gasteiger partial charge in [0.15, 0.2) is 0 Å². The van der Waals surface area contributed by atoms with E-state index in [9.17, 15) is 18.0 Å². The van der Waals surface area contributed by atoms with Gasteiger partial charge in [0.05, 0.1) is 41.7 Å². The number of rotatable bonds is 6. The molecule has 6 fully saturated rings. The summed E-state index contributed by atoms with van der Waals surface area (Å²) in [6, 6.07) is 0. The topological polar surface area (TPSA) is 149 Å². The number of aliphatic hydroxyl groups is 1. The van der Waals surface area contributed by atoms with Gasteiger partial charge in [-0.2, -0.15) is 0 Å². The summed E-state index contributed by atoms with van der Waals surface area (Å²) >= 11 is 0. The number of hydrogen-bond acceptors (Lipinski definition) is 9. The molecule has 4 heterocycles. The molecule has 6 rings (SSSR count). The van der Waals surface area contributed by atoms with Gasteiger partial charge >= 0.3 is 12.2 Å². The van der Waals surface area contributed by atoms with Gasteiger partial charge in [0.1, 0.15) is 11.2 Å². The smallest absolute Gasteiger partial charge is 0.408 e. The fraction of sp³-hybridized carbons (Fsp3) is 0.935. The summed E-state index contributed by atoms with van der Waals surface area (Å²) in [4.78, 5) is 23.8. The van der Waals surface area contributed by atoms with Crippen molar-refractivity contribution in [1.29, 1.82) is 0 Å². The molecule has 2 aliphatic carbocycles. The first-order valence-corrected chi connectivity index (χ1v) is 18.1. The lowest BCUT2D eigenvalue weighted by Gasteiger charge is -2.53. The van der Waals surface area contributed by atoms with Crippen molar-refractivity contribution in [3.8, 4) is 0 Å². The second-order valence-electron chi connectivity index (χ2n) is 14.7. The minimum absolute atomic E-state index is 0. The molecule has 44 heavy (non-hydrogen) atoms. The third-order valence-corrected chi connectivity index (χ3v) is 8.35. The largest absolute Gasteiger partial charge is 0.444 e. The Hall–Kier alpha value is -1.34. The second-order valence-corrected chi connectivity index (χ2v) is 17.7. The number of fused-ring (bicyclic) bond motifs is 6. The monoisotopic (exact) mass is 670 g/mol. The lowest BCUT2D eigenvalue weighted by molar-refractivity contribution is -0.167. The molecular weight excluding hydrogens is 612 g/mol. The van der Waals surface area contributed by atoms with E-state index < -0.39 is 20.3 Å². The molecule has 260 valence electrons. The molecule has 0 radical (unpaired) electrons. The van der Waals surface area contributed by atoms with E-state index in [0.29, 0.717) is 19.6 Å². The first-order chi connectivity index (χ1) is 19.6. The zero-order valence-electron chi connectivity index (χ0n) is 27.4. The van der Waals surface area contributed by atoms with E-state index >= 15 is 0 Å². The average molecular weight is 671 g/mol. The van der Waals surface area contributed by atoms with Crippen molar-refractivity contribution < 1.29 is 42.1 Å². The molecular formula is C31H59ClN2O9S. The van der Waals surface area contributed by atoms with E-state index in [1.54, 1.807) is 0 Å². The van der Waals surface area contributed by atoms with Crippen LogP contribution >= 0.6 is 10.7 Å². The van der Waals surface area contributed by atoms with Gasteiger partial charge in [-0.3, -0.25) is 0 Å². The van der Waals surface area contributed by atoms with E-state index in [0.717, 1.165) is 70.5 Å². The summed E-state index contributed by atoms with van der Waals surface area (Å²) in [6.07, 6.45) is 10.9. The van der Waals surface area contributed by atoms with Crippen LogP contribution in [0.3, 0.4) is 0 Å². The van der Waals surface area contributed by atoms with Crippen molar-refractivity contribution in [3.63, 3.8) is 0 Å². The van der Waals surface area contributed by atoms with E-state index in [-0.39, 0.29) is 48.5 Å². The van der Waals surface area contributed by atoms with Gasteiger partial charge in [-0.05, 0) is 106 Å². The third kappa shape index (κ3) is 13.6. The van der Waals surface area contributed by atoms with Crippen molar-refractivity contribution in [1.82, 2.24) is 10.6 Å². The minimum Gasteiger partial charge on any atom is -0.444 e. The zero-order valence-corrected chi connectivity index (χ0v) is 29.0. The molecule has 11 nitrogen and oxygen atoms in total. The first kappa shape index (κ1) is 40.7. The molecule has 4 aliphatic heterocycles. The van der Waals surface area contributed by atoms with Gasteiger partial charge < -0.3 is 34.7 Å². The molecule has 3 N–H and O–H groups in total. The van der Waals surface area contributed by atoms with E-state index in [4.69, 9.17) is 24.1 Å². The van der Waals surface area contributed by atoms with Crippen LogP contribution in [0.5, 0.6) is 0 Å². The average Bonchev–Trinajstić information content (AvgIpc) is 2.84. The van der Waals surface area contributed by atoms with Crippen molar-refractivity contribution in [2.75, 3.05) is 26.1 Å². The molecule has 2 amide bonds. The predicted octanol–water partition coefficient (Wildman–Crippen LogP) is 6.19. The number of aliphatic hydroxyl groups excluding tert-OH is 1. The standard InChI is InChI=1S/C15H27NO3.C14H25NO4.CH3ClO2S.CH4/c1-5-6-15-9-7-14(8-10-15,11-18-15)16-12(17)19-13(2,3)4;1-12(2,3)19-11(17)15-13-4-6-14(7-5-13,8-9-16)18-10-13;1-5(2,3)4;/h5-11H2,1-4H3,(H,16,17);16H,4-10H2,1-3H3,(H,15,17);1H3;1H4. The lowest BCUT2D eigenvalue weighted by atomic mass is 9.69. The van der Waals surface area contributed by atoms with Gasteiger partial charge in [-0.15, -0.1) is 0 Å². The van der Waals surface area contributed by atoms with E-state index in [1.807, 2.05) is 41.5 Å². The predicted molar refractivity (Wildman–Crippen MR) is 173 cm³/mol. The summed E-state index contributed by atoms with van der Waals surface area (Å²) in [5.41, 5.74) is -1.47. The third-order valence-electron chi connectivity index (χ3n) is 8.35. The Morgan fingerprint density at radius 1 is 0.773 bits per heavy atom. The molecule has 0 unspecified atom stereocenters. The van der Waals surface area contributed by atoms with Crippen molar-refractivity contribution in [3.05, 3.63) is 0 Å². The summed E-state index contributed by atoms with van der Waals surface area (Å²) in [5, 5.41) is 15.1. The normalized spacial score (nSPS) is 30.8. The number of carbonyl (C=O) groups excluding carboxylic acids is 2. The molecule has 0 aromatic rings. The van der Waals surface area contributed by atoms with Crippen LogP contribution < -0.4 is 10.6 Å². The van der Waals surface area contributed by atoms with Crippen LogP contribution in [0.25, 0.3) is 0 Å². The van der Waals surface area contributed by atoms with Crippen LogP contribution in [0, 0.1) is 0 Å². The SMILES string of the molecule is C.CC(C)(C)OC(=O)NC12CCC(CCO)(CC1)OC2.CCCC12CCC(NC(=O)OC(C)(C)C)(CC1)CO2.CS(=O)(=O)Cl. The summed E-state index contributed by atoms with van der Waals surface area (Å²) in [6.45, 7) is 14.7. The Kier molecular flexibility index (Phi) is 14.3. The Labute approximate surface area is 270 Å². The van der Waals surface area contributed by atoms with Gasteiger partial charge in [0, 0.05) is 17.3 Å². The molecule has 4 saturated heterocycles. The molecule has 0 atom stereocenters. The fourth-order valence-corrected chi connectivity index (χ4v) is 6.19. The van der Waals surface area contributed by atoms with Gasteiger partial charge in [0.25, 0.3) is 0 Å². The quantitative estimate of drug-likeness (QED) is 0.281. The Morgan fingerprint density at radius 2 is 1.09 bits per heavy atom. The maximum atomic E-state index is 11.9. The first-order valence-electron chi connectivity index (χ1n) is 15.4. The van der Waals surface area contributed by atoms with Gasteiger partial charge in [-0.1, -0.05) is 20.8 Å². The number of alkyl carbamates (subject to hydrolysis) is 2. The number of halogens is 1. The fourth-order valence-electron chi connectivity index (χ4n) is 6.19. The van der Waals surface area contributed by atoms with Crippen LogP contribution in [0.4, 0.5) is 9.59 Å².